The van der Waals surface area contributed by atoms with Gasteiger partial charge in [0, 0.05) is 6.54 Å². The molecule has 2 N–H and O–H groups in total. The Labute approximate surface area is 138 Å². The van der Waals surface area contributed by atoms with Gasteiger partial charge in [-0.2, -0.15) is 13.2 Å². The van der Waals surface area contributed by atoms with E-state index in [0.717, 1.165) is 18.4 Å². The fraction of sp³-hybridized carbons (Fsp3) is 0.562. The Morgan fingerprint density at radius 2 is 2.08 bits per heavy atom. The van der Waals surface area contributed by atoms with E-state index >= 15 is 0 Å². The van der Waals surface area contributed by atoms with E-state index in [1.54, 1.807) is 24.0 Å². The van der Waals surface area contributed by atoms with Gasteiger partial charge in [-0.3, -0.25) is 0 Å². The molecule has 0 aliphatic carbocycles. The molecule has 1 heterocycles. The molecule has 1 fully saturated rings. The maximum atomic E-state index is 12.2. The summed E-state index contributed by atoms with van der Waals surface area (Å²) in [5, 5.41) is 12.1. The minimum atomic E-state index is -4.38. The zero-order valence-corrected chi connectivity index (χ0v) is 13.3. The molecular weight excluding hydrogens is 325 g/mol. The summed E-state index contributed by atoms with van der Waals surface area (Å²) in [7, 11) is 0. The molecule has 2 rings (SSSR count). The second kappa shape index (κ2) is 7.74. The smallest absolute Gasteiger partial charge is 0.422 e. The number of benzene rings is 1. The highest BCUT2D eigenvalue weighted by atomic mass is 19.4. The Morgan fingerprint density at radius 3 is 2.67 bits per heavy atom. The van der Waals surface area contributed by atoms with Crippen molar-refractivity contribution in [2.24, 2.45) is 0 Å². The first kappa shape index (κ1) is 18.4. The van der Waals surface area contributed by atoms with Crippen LogP contribution in [-0.2, 0) is 0 Å². The summed E-state index contributed by atoms with van der Waals surface area (Å²) >= 11 is 0. The summed E-state index contributed by atoms with van der Waals surface area (Å²) in [4.78, 5) is 13.8. The van der Waals surface area contributed by atoms with Crippen LogP contribution in [0, 0.1) is 0 Å². The standard InChI is InChI=1S/C16H21F3N2O3/c1-11(20-15(23)21-8-2-3-13(21)9-22)12-4-6-14(7-5-12)24-10-16(17,18)19/h4-7,11,13,22H,2-3,8-10H2,1H3,(H,20,23)/t11?,13-/m0/s1. The number of hydrogen-bond acceptors (Lipinski definition) is 3. The summed E-state index contributed by atoms with van der Waals surface area (Å²) in [6.07, 6.45) is -2.74. The average molecular weight is 346 g/mol. The lowest BCUT2D eigenvalue weighted by atomic mass is 10.1. The second-order valence-corrected chi connectivity index (χ2v) is 5.82. The van der Waals surface area contributed by atoms with Gasteiger partial charge in [0.25, 0.3) is 0 Å². The van der Waals surface area contributed by atoms with Crippen LogP contribution < -0.4 is 10.1 Å². The number of carbonyl (C=O) groups is 1. The van der Waals surface area contributed by atoms with Crippen LogP contribution in [0.4, 0.5) is 18.0 Å². The first-order valence-electron chi connectivity index (χ1n) is 7.77. The molecule has 1 saturated heterocycles. The van der Waals surface area contributed by atoms with E-state index in [9.17, 15) is 23.1 Å². The number of nitrogens with zero attached hydrogens (tertiary/aromatic N) is 1. The Kier molecular flexibility index (Phi) is 5.93. The molecule has 134 valence electrons. The maximum Gasteiger partial charge on any atom is 0.422 e. The van der Waals surface area contributed by atoms with Crippen molar-refractivity contribution in [2.45, 2.75) is 38.0 Å². The molecular formula is C16H21F3N2O3. The summed E-state index contributed by atoms with van der Waals surface area (Å²) in [5.41, 5.74) is 0.752. The molecule has 2 amide bonds. The number of aliphatic hydroxyl groups excluding tert-OH is 1. The van der Waals surface area contributed by atoms with Crippen LogP contribution >= 0.6 is 0 Å². The molecule has 0 spiro atoms. The van der Waals surface area contributed by atoms with Gasteiger partial charge in [0.15, 0.2) is 6.61 Å². The Bertz CT molecular complexity index is 548. The van der Waals surface area contributed by atoms with Gasteiger partial charge in [-0.05, 0) is 37.5 Å². The Hall–Kier alpha value is -1.96. The van der Waals surface area contributed by atoms with Crippen molar-refractivity contribution < 1.29 is 27.8 Å². The van der Waals surface area contributed by atoms with Gasteiger partial charge in [-0.25, -0.2) is 4.79 Å². The van der Waals surface area contributed by atoms with Crippen LogP contribution in [0.3, 0.4) is 0 Å². The molecule has 1 aliphatic rings. The molecule has 1 unspecified atom stereocenters. The minimum absolute atomic E-state index is 0.0625. The fourth-order valence-corrected chi connectivity index (χ4v) is 2.66. The van der Waals surface area contributed by atoms with E-state index in [2.05, 4.69) is 10.1 Å². The normalized spacial score (nSPS) is 19.2. The number of aliphatic hydroxyl groups is 1. The molecule has 1 aromatic carbocycles. The zero-order valence-electron chi connectivity index (χ0n) is 13.3. The van der Waals surface area contributed by atoms with Gasteiger partial charge in [0.1, 0.15) is 5.75 Å². The summed E-state index contributed by atoms with van der Waals surface area (Å²) in [6.45, 7) is 0.991. The molecule has 1 aromatic rings. The minimum Gasteiger partial charge on any atom is -0.484 e. The number of rotatable bonds is 5. The molecule has 24 heavy (non-hydrogen) atoms. The van der Waals surface area contributed by atoms with E-state index in [4.69, 9.17) is 0 Å². The van der Waals surface area contributed by atoms with Crippen molar-refractivity contribution in [1.29, 1.82) is 0 Å². The molecule has 0 bridgehead atoms. The molecule has 5 nitrogen and oxygen atoms in total. The number of likely N-dealkylation sites (tertiary alicyclic amines) is 1. The van der Waals surface area contributed by atoms with Crippen LogP contribution in [0.15, 0.2) is 24.3 Å². The van der Waals surface area contributed by atoms with Gasteiger partial charge < -0.3 is 20.1 Å². The van der Waals surface area contributed by atoms with Gasteiger partial charge in [-0.1, -0.05) is 12.1 Å². The zero-order chi connectivity index (χ0) is 17.7. The van der Waals surface area contributed by atoms with Crippen molar-refractivity contribution >= 4 is 6.03 Å². The Balaban J connectivity index is 1.90. The predicted molar refractivity (Wildman–Crippen MR) is 81.8 cm³/mol. The van der Waals surface area contributed by atoms with Crippen LogP contribution in [-0.4, -0.2) is 48.0 Å². The number of ether oxygens (including phenoxy) is 1. The SMILES string of the molecule is CC(NC(=O)N1CCC[C@H]1CO)c1ccc(OCC(F)(F)F)cc1. The van der Waals surface area contributed by atoms with Crippen molar-refractivity contribution in [3.8, 4) is 5.75 Å². The van der Waals surface area contributed by atoms with Crippen molar-refractivity contribution in [2.75, 3.05) is 19.8 Å². The third-order valence-corrected chi connectivity index (χ3v) is 3.97. The van der Waals surface area contributed by atoms with Gasteiger partial charge in [0.2, 0.25) is 0 Å². The molecule has 0 radical (unpaired) electrons. The Morgan fingerprint density at radius 1 is 1.42 bits per heavy atom. The monoisotopic (exact) mass is 346 g/mol. The highest BCUT2D eigenvalue weighted by Gasteiger charge is 2.29. The van der Waals surface area contributed by atoms with E-state index in [1.165, 1.54) is 12.1 Å². The predicted octanol–water partition coefficient (Wildman–Crippen LogP) is 2.86. The van der Waals surface area contributed by atoms with Crippen molar-refractivity contribution in [3.63, 3.8) is 0 Å². The lowest BCUT2D eigenvalue weighted by molar-refractivity contribution is -0.153. The first-order chi connectivity index (χ1) is 11.3. The number of halogens is 3. The van der Waals surface area contributed by atoms with Crippen LogP contribution in [0.2, 0.25) is 0 Å². The highest BCUT2D eigenvalue weighted by Crippen LogP contribution is 2.22. The summed E-state index contributed by atoms with van der Waals surface area (Å²) in [6, 6.07) is 5.39. The largest absolute Gasteiger partial charge is 0.484 e. The molecule has 8 heteroatoms. The van der Waals surface area contributed by atoms with Crippen LogP contribution in [0.1, 0.15) is 31.4 Å². The second-order valence-electron chi connectivity index (χ2n) is 5.82. The third-order valence-electron chi connectivity index (χ3n) is 3.97. The van der Waals surface area contributed by atoms with Crippen molar-refractivity contribution in [1.82, 2.24) is 10.2 Å². The number of alkyl halides is 3. The van der Waals surface area contributed by atoms with E-state index < -0.39 is 12.8 Å². The van der Waals surface area contributed by atoms with E-state index in [1.807, 2.05) is 0 Å². The number of carbonyl (C=O) groups excluding carboxylic acids is 1. The molecule has 1 aliphatic heterocycles. The lowest BCUT2D eigenvalue weighted by Gasteiger charge is -2.25. The van der Waals surface area contributed by atoms with Gasteiger partial charge >= 0.3 is 12.2 Å². The van der Waals surface area contributed by atoms with Gasteiger partial charge in [0.05, 0.1) is 18.7 Å². The molecule has 0 aromatic heterocycles. The summed E-state index contributed by atoms with van der Waals surface area (Å²) < 4.78 is 41.0. The van der Waals surface area contributed by atoms with E-state index in [-0.39, 0.29) is 30.5 Å². The number of hydrogen-bond donors (Lipinski definition) is 2. The topological polar surface area (TPSA) is 61.8 Å². The number of urea groups is 1. The van der Waals surface area contributed by atoms with Crippen LogP contribution in [0.25, 0.3) is 0 Å². The molecule has 0 saturated carbocycles. The first-order valence-corrected chi connectivity index (χ1v) is 7.77. The fourth-order valence-electron chi connectivity index (χ4n) is 2.66. The van der Waals surface area contributed by atoms with E-state index in [0.29, 0.717) is 6.54 Å². The lowest BCUT2D eigenvalue weighted by Crippen LogP contribution is -2.44. The third kappa shape index (κ3) is 5.02. The highest BCUT2D eigenvalue weighted by molar-refractivity contribution is 5.75. The molecule has 2 atom stereocenters. The van der Waals surface area contributed by atoms with Gasteiger partial charge in [-0.15, -0.1) is 0 Å². The van der Waals surface area contributed by atoms with Crippen molar-refractivity contribution in [3.05, 3.63) is 29.8 Å². The maximum absolute atomic E-state index is 12.2. The average Bonchev–Trinajstić information content (AvgIpc) is 3.01. The summed E-state index contributed by atoms with van der Waals surface area (Å²) in [5.74, 6) is 0.120. The van der Waals surface area contributed by atoms with Crippen LogP contribution in [0.5, 0.6) is 5.75 Å². The quantitative estimate of drug-likeness (QED) is 0.862. The number of amides is 2. The number of nitrogens with one attached hydrogen (secondary N) is 1.